The summed E-state index contributed by atoms with van der Waals surface area (Å²) in [4.78, 5) is 20.0. The highest BCUT2D eigenvalue weighted by molar-refractivity contribution is 9.10. The first-order valence-corrected chi connectivity index (χ1v) is 11.2. The fourth-order valence-corrected chi connectivity index (χ4v) is 3.40. The summed E-state index contributed by atoms with van der Waals surface area (Å²) in [5.41, 5.74) is 0.767. The van der Waals surface area contributed by atoms with Crippen molar-refractivity contribution in [3.05, 3.63) is 28.0 Å². The smallest absolute Gasteiger partial charge is 0.152 e. The summed E-state index contributed by atoms with van der Waals surface area (Å²) < 4.78 is 13.9. The summed E-state index contributed by atoms with van der Waals surface area (Å²) in [6.07, 6.45) is 3.59. The van der Waals surface area contributed by atoms with Crippen molar-refractivity contribution >= 4 is 33.7 Å². The summed E-state index contributed by atoms with van der Waals surface area (Å²) in [5.74, 6) is 1.28. The molecule has 2 rings (SSSR count). The van der Waals surface area contributed by atoms with E-state index in [1.807, 2.05) is 18.9 Å². The van der Waals surface area contributed by atoms with Crippen molar-refractivity contribution in [2.24, 2.45) is 10.9 Å². The van der Waals surface area contributed by atoms with Crippen molar-refractivity contribution in [1.29, 1.82) is 0 Å². The van der Waals surface area contributed by atoms with Crippen LogP contribution in [0.4, 0.5) is 10.1 Å². The van der Waals surface area contributed by atoms with E-state index in [9.17, 15) is 9.18 Å². The van der Waals surface area contributed by atoms with Crippen molar-refractivity contribution in [2.45, 2.75) is 40.0 Å². The number of aldehydes is 1. The van der Waals surface area contributed by atoms with Crippen molar-refractivity contribution in [2.75, 3.05) is 46.8 Å². The van der Waals surface area contributed by atoms with E-state index < -0.39 is 5.82 Å². The molecule has 1 saturated heterocycles. The summed E-state index contributed by atoms with van der Waals surface area (Å²) in [6, 6.07) is 2.76. The first kappa shape index (κ1) is 25.7. The number of nitrogens with zero attached hydrogens (tertiary/aromatic N) is 3. The lowest BCUT2D eigenvalue weighted by Gasteiger charge is -2.19. The maximum absolute atomic E-state index is 13.6. The number of rotatable bonds is 6. The van der Waals surface area contributed by atoms with Crippen molar-refractivity contribution < 1.29 is 9.18 Å². The molecule has 1 aromatic carbocycles. The summed E-state index contributed by atoms with van der Waals surface area (Å²) in [7, 11) is 4.13. The van der Waals surface area contributed by atoms with E-state index in [2.05, 4.69) is 52.0 Å². The SMILES string of the molecule is CC1CNCCN(C)C1.CCCCC(=Nc1cc(F)c(Br)cc1C=O)N(C)CC. The lowest BCUT2D eigenvalue weighted by Crippen LogP contribution is -2.26. The minimum absolute atomic E-state index is 0.275. The molecule has 5 nitrogen and oxygen atoms in total. The second-order valence-corrected chi connectivity index (χ2v) is 8.51. The summed E-state index contributed by atoms with van der Waals surface area (Å²) >= 11 is 3.08. The number of unbranched alkanes of at least 4 members (excludes halogenated alkanes) is 1. The van der Waals surface area contributed by atoms with Crippen LogP contribution < -0.4 is 5.32 Å². The topological polar surface area (TPSA) is 47.9 Å². The number of aliphatic imine (C=N–C) groups is 1. The molecule has 0 radical (unpaired) electrons. The lowest BCUT2D eigenvalue weighted by molar-refractivity contribution is 0.112. The van der Waals surface area contributed by atoms with E-state index in [0.717, 1.165) is 44.1 Å². The average Bonchev–Trinajstić information content (AvgIpc) is 2.89. The molecule has 0 bridgehead atoms. The number of carbonyl (C=O) groups excluding carboxylic acids is 1. The molecule has 1 atom stereocenters. The van der Waals surface area contributed by atoms with Gasteiger partial charge < -0.3 is 15.1 Å². The number of hydrogen-bond acceptors (Lipinski definition) is 4. The number of amidine groups is 1. The number of nitrogens with one attached hydrogen (secondary N) is 1. The Bertz CT molecular complexity index is 658. The Kier molecular flexibility index (Phi) is 12.3. The predicted molar refractivity (Wildman–Crippen MR) is 124 cm³/mol. The van der Waals surface area contributed by atoms with Gasteiger partial charge in [0.1, 0.15) is 11.7 Å². The van der Waals surface area contributed by atoms with Gasteiger partial charge in [0.25, 0.3) is 0 Å². The van der Waals surface area contributed by atoms with Crippen LogP contribution in [-0.4, -0.2) is 68.7 Å². The predicted octanol–water partition coefficient (Wildman–Crippen LogP) is 4.73. The Morgan fingerprint density at radius 3 is 2.79 bits per heavy atom. The van der Waals surface area contributed by atoms with E-state index in [4.69, 9.17) is 0 Å². The zero-order valence-corrected chi connectivity index (χ0v) is 20.1. The Labute approximate surface area is 183 Å². The fourth-order valence-electron chi connectivity index (χ4n) is 3.04. The van der Waals surface area contributed by atoms with Crippen LogP contribution in [-0.2, 0) is 0 Å². The van der Waals surface area contributed by atoms with Gasteiger partial charge in [-0.2, -0.15) is 0 Å². The molecule has 1 N–H and O–H groups in total. The fraction of sp³-hybridized carbons (Fsp3) is 0.636. The minimum Gasteiger partial charge on any atom is -0.363 e. The molecule has 0 aliphatic carbocycles. The third-order valence-electron chi connectivity index (χ3n) is 4.90. The van der Waals surface area contributed by atoms with Gasteiger partial charge in [0.15, 0.2) is 6.29 Å². The highest BCUT2D eigenvalue weighted by Crippen LogP contribution is 2.26. The van der Waals surface area contributed by atoms with Gasteiger partial charge in [0, 0.05) is 51.3 Å². The molecule has 164 valence electrons. The molecule has 1 aromatic rings. The minimum atomic E-state index is -0.414. The molecule has 1 aliphatic rings. The third kappa shape index (κ3) is 9.36. The first-order chi connectivity index (χ1) is 13.8. The summed E-state index contributed by atoms with van der Waals surface area (Å²) in [6.45, 7) is 12.0. The quantitative estimate of drug-likeness (QED) is 0.370. The molecular formula is C22H36BrFN4O. The van der Waals surface area contributed by atoms with Gasteiger partial charge >= 0.3 is 0 Å². The second kappa shape index (κ2) is 13.8. The van der Waals surface area contributed by atoms with Gasteiger partial charge in [-0.3, -0.25) is 4.79 Å². The highest BCUT2D eigenvalue weighted by atomic mass is 79.9. The molecular weight excluding hydrogens is 435 g/mol. The standard InChI is InChI=1S/C15H20BrFN2O.C7H16N2/c1-4-6-7-15(19(3)5-2)18-14-9-13(17)12(16)8-11(14)10-20;1-7-5-8-3-4-9(2)6-7/h8-10H,4-7H2,1-3H3;7-8H,3-6H2,1-2H3. The van der Waals surface area contributed by atoms with Gasteiger partial charge in [0.2, 0.25) is 0 Å². The Morgan fingerprint density at radius 1 is 1.45 bits per heavy atom. The van der Waals surface area contributed by atoms with E-state index in [1.165, 1.54) is 31.8 Å². The van der Waals surface area contributed by atoms with E-state index in [0.29, 0.717) is 17.5 Å². The van der Waals surface area contributed by atoms with Gasteiger partial charge in [-0.25, -0.2) is 9.38 Å². The number of benzene rings is 1. The summed E-state index contributed by atoms with van der Waals surface area (Å²) in [5, 5.41) is 3.39. The zero-order chi connectivity index (χ0) is 21.8. The van der Waals surface area contributed by atoms with Gasteiger partial charge in [0.05, 0.1) is 10.2 Å². The van der Waals surface area contributed by atoms with Crippen LogP contribution in [0.2, 0.25) is 0 Å². The largest absolute Gasteiger partial charge is 0.363 e. The molecule has 1 heterocycles. The molecule has 1 aliphatic heterocycles. The van der Waals surface area contributed by atoms with Crippen LogP contribution in [0.15, 0.2) is 21.6 Å². The van der Waals surface area contributed by atoms with Crippen molar-refractivity contribution in [1.82, 2.24) is 15.1 Å². The van der Waals surface area contributed by atoms with Gasteiger partial charge in [-0.15, -0.1) is 0 Å². The molecule has 29 heavy (non-hydrogen) atoms. The lowest BCUT2D eigenvalue weighted by atomic mass is 10.2. The Morgan fingerprint density at radius 2 is 2.17 bits per heavy atom. The maximum Gasteiger partial charge on any atom is 0.152 e. The molecule has 1 fully saturated rings. The number of likely N-dealkylation sites (N-methyl/N-ethyl adjacent to an activating group) is 1. The Balaban J connectivity index is 0.000000387. The third-order valence-corrected chi connectivity index (χ3v) is 5.51. The van der Waals surface area contributed by atoms with Crippen LogP contribution in [0.3, 0.4) is 0 Å². The van der Waals surface area contributed by atoms with Crippen LogP contribution in [0.5, 0.6) is 0 Å². The van der Waals surface area contributed by atoms with Crippen LogP contribution in [0.25, 0.3) is 0 Å². The average molecular weight is 471 g/mol. The molecule has 0 spiro atoms. The molecule has 0 saturated carbocycles. The van der Waals surface area contributed by atoms with E-state index >= 15 is 0 Å². The molecule has 7 heteroatoms. The second-order valence-electron chi connectivity index (χ2n) is 7.66. The normalized spacial score (nSPS) is 17.9. The van der Waals surface area contributed by atoms with Gasteiger partial charge in [-0.1, -0.05) is 20.3 Å². The maximum atomic E-state index is 13.6. The van der Waals surface area contributed by atoms with Gasteiger partial charge in [-0.05, 0) is 54.9 Å². The molecule has 0 amide bonds. The highest BCUT2D eigenvalue weighted by Gasteiger charge is 2.11. The van der Waals surface area contributed by atoms with Crippen molar-refractivity contribution in [3.8, 4) is 0 Å². The number of hydrogen-bond donors (Lipinski definition) is 1. The molecule has 0 aromatic heterocycles. The van der Waals surface area contributed by atoms with Crippen LogP contribution in [0.1, 0.15) is 50.4 Å². The number of halogens is 2. The number of carbonyl (C=O) groups is 1. The van der Waals surface area contributed by atoms with E-state index in [-0.39, 0.29) is 4.47 Å². The molecule has 1 unspecified atom stereocenters. The monoisotopic (exact) mass is 470 g/mol. The van der Waals surface area contributed by atoms with Crippen molar-refractivity contribution in [3.63, 3.8) is 0 Å². The Hall–Kier alpha value is -1.31. The zero-order valence-electron chi connectivity index (χ0n) is 18.5. The van der Waals surface area contributed by atoms with E-state index in [1.54, 1.807) is 0 Å². The first-order valence-electron chi connectivity index (χ1n) is 10.4. The van der Waals surface area contributed by atoms with Crippen LogP contribution >= 0.6 is 15.9 Å². The van der Waals surface area contributed by atoms with Crippen LogP contribution in [0, 0.1) is 11.7 Å².